The van der Waals surface area contributed by atoms with Gasteiger partial charge in [-0.1, -0.05) is 29.8 Å². The van der Waals surface area contributed by atoms with E-state index in [9.17, 15) is 13.7 Å². The lowest BCUT2D eigenvalue weighted by Gasteiger charge is -2.16. The molecule has 2 aliphatic carbocycles. The Morgan fingerprint density at radius 2 is 1.97 bits per heavy atom. The van der Waals surface area contributed by atoms with E-state index in [1.807, 2.05) is 29.7 Å². The van der Waals surface area contributed by atoms with E-state index in [4.69, 9.17) is 11.6 Å². The second-order valence-electron chi connectivity index (χ2n) is 7.84. The lowest BCUT2D eigenvalue weighted by atomic mass is 10.1. The number of hydrogen-bond donors (Lipinski definition) is 1. The molecule has 0 radical (unpaired) electrons. The van der Waals surface area contributed by atoms with Crippen LogP contribution in [-0.4, -0.2) is 23.5 Å². The van der Waals surface area contributed by atoms with Gasteiger partial charge >= 0.3 is 0 Å². The van der Waals surface area contributed by atoms with E-state index in [-0.39, 0.29) is 10.4 Å². The molecule has 2 aliphatic rings. The first kappa shape index (κ1) is 19.1. The highest BCUT2D eigenvalue weighted by molar-refractivity contribution is 7.89. The number of nitriles is 1. The van der Waals surface area contributed by atoms with Crippen molar-refractivity contribution in [1.82, 2.24) is 14.3 Å². The fraction of sp³-hybridized carbons (Fsp3) is 0.182. The monoisotopic (exact) mass is 436 g/mol. The molecule has 0 atom stereocenters. The van der Waals surface area contributed by atoms with Crippen LogP contribution in [0.15, 0.2) is 59.7 Å². The fourth-order valence-corrected chi connectivity index (χ4v) is 5.20. The number of nitrogens with zero attached hydrogens (tertiary/aromatic N) is 3. The predicted octanol–water partition coefficient (Wildman–Crippen LogP) is 4.47. The van der Waals surface area contributed by atoms with Crippen molar-refractivity contribution in [3.05, 3.63) is 65.3 Å². The Bertz CT molecular complexity index is 1410. The van der Waals surface area contributed by atoms with Crippen LogP contribution >= 0.6 is 11.6 Å². The van der Waals surface area contributed by atoms with Gasteiger partial charge in [-0.3, -0.25) is 4.57 Å². The topological polar surface area (TPSA) is 87.8 Å². The molecule has 30 heavy (non-hydrogen) atoms. The first-order valence-electron chi connectivity index (χ1n) is 9.45. The van der Waals surface area contributed by atoms with E-state index in [1.165, 1.54) is 0 Å². The summed E-state index contributed by atoms with van der Waals surface area (Å²) in [5.74, 6) is 0. The van der Waals surface area contributed by atoms with Gasteiger partial charge in [-0.25, -0.2) is 18.1 Å². The molecule has 0 aliphatic heterocycles. The molecule has 0 bridgehead atoms. The summed E-state index contributed by atoms with van der Waals surface area (Å²) in [6, 6.07) is 10.6. The number of rotatable bonds is 5. The molecule has 3 aromatic rings. The molecule has 0 spiro atoms. The Morgan fingerprint density at radius 3 is 2.53 bits per heavy atom. The van der Waals surface area contributed by atoms with Crippen LogP contribution in [0, 0.1) is 11.3 Å². The number of pyridine rings is 1. The third-order valence-corrected chi connectivity index (χ3v) is 7.36. The van der Waals surface area contributed by atoms with Crippen molar-refractivity contribution in [1.29, 1.82) is 5.26 Å². The van der Waals surface area contributed by atoms with Crippen LogP contribution in [0.1, 0.15) is 25.3 Å². The summed E-state index contributed by atoms with van der Waals surface area (Å²) in [6.07, 6.45) is 9.00. The minimum absolute atomic E-state index is 0.199. The zero-order chi connectivity index (χ0) is 21.1. The van der Waals surface area contributed by atoms with Crippen molar-refractivity contribution in [2.24, 2.45) is 0 Å². The number of halogens is 1. The van der Waals surface area contributed by atoms with Gasteiger partial charge in [-0.05, 0) is 50.1 Å². The number of benzene rings is 1. The number of hydrogen-bond acceptors (Lipinski definition) is 4. The molecular formula is C22H17ClN4O2S. The van der Waals surface area contributed by atoms with E-state index in [0.717, 1.165) is 24.1 Å². The van der Waals surface area contributed by atoms with Gasteiger partial charge in [0.2, 0.25) is 10.0 Å². The predicted molar refractivity (Wildman–Crippen MR) is 116 cm³/mol. The Kier molecular flexibility index (Phi) is 4.16. The Balaban J connectivity index is 1.65. The Morgan fingerprint density at radius 1 is 1.27 bits per heavy atom. The second kappa shape index (κ2) is 6.54. The lowest BCUT2D eigenvalue weighted by molar-refractivity contribution is 0.558. The van der Waals surface area contributed by atoms with Gasteiger partial charge in [0, 0.05) is 28.4 Å². The van der Waals surface area contributed by atoms with Gasteiger partial charge in [0.25, 0.3) is 0 Å². The molecule has 2 aromatic heterocycles. The lowest BCUT2D eigenvalue weighted by Crippen LogP contribution is -2.34. The van der Waals surface area contributed by atoms with Gasteiger partial charge < -0.3 is 0 Å². The highest BCUT2D eigenvalue weighted by atomic mass is 35.5. The summed E-state index contributed by atoms with van der Waals surface area (Å²) >= 11 is 6.13. The molecule has 1 fully saturated rings. The number of aromatic nitrogens is 2. The van der Waals surface area contributed by atoms with Crippen LogP contribution in [-0.2, 0) is 10.0 Å². The summed E-state index contributed by atoms with van der Waals surface area (Å²) in [4.78, 5) is 4.64. The minimum atomic E-state index is -3.59. The summed E-state index contributed by atoms with van der Waals surface area (Å²) in [5.41, 5.74) is 3.00. The molecule has 1 saturated carbocycles. The number of nitrogens with one attached hydrogen (secondary N) is 1. The Labute approximate surface area is 179 Å². The standard InChI is InChI=1S/C22H17ClN4O2S/c1-22(9-10-22)26-30(28,29)17-7-5-14(6-8-17)20-19(12-24)18-11-15(23)13-25-21(18)27(20)16-3-2-4-16/h2-8,11,13,26H,9-10H2,1H3. The maximum atomic E-state index is 12.7. The van der Waals surface area contributed by atoms with Gasteiger partial charge in [0.15, 0.2) is 0 Å². The van der Waals surface area contributed by atoms with Crippen molar-refractivity contribution >= 4 is 38.4 Å². The van der Waals surface area contributed by atoms with E-state index in [1.54, 1.807) is 36.5 Å². The third-order valence-electron chi connectivity index (χ3n) is 5.50. The normalized spacial score (nSPS) is 16.8. The van der Waals surface area contributed by atoms with Gasteiger partial charge in [-0.2, -0.15) is 5.26 Å². The maximum Gasteiger partial charge on any atom is 0.241 e. The largest absolute Gasteiger partial charge is 0.293 e. The van der Waals surface area contributed by atoms with Crippen molar-refractivity contribution in [3.63, 3.8) is 0 Å². The molecule has 0 amide bonds. The molecule has 0 saturated heterocycles. The van der Waals surface area contributed by atoms with Crippen molar-refractivity contribution in [2.45, 2.75) is 30.2 Å². The maximum absolute atomic E-state index is 12.7. The molecule has 5 rings (SSSR count). The quantitative estimate of drug-likeness (QED) is 0.639. The zero-order valence-corrected chi connectivity index (χ0v) is 17.6. The molecular weight excluding hydrogens is 420 g/mol. The molecule has 6 nitrogen and oxygen atoms in total. The SMILES string of the molecule is CC1(NS(=O)(=O)c2ccc(-c3c(C#N)c4cc(Cl)cnc4n3C3=CC=C3)cc2)CC1. The van der Waals surface area contributed by atoms with E-state index >= 15 is 0 Å². The Hall–Kier alpha value is -2.92. The van der Waals surface area contributed by atoms with Gasteiger partial charge in [0.05, 0.1) is 21.2 Å². The summed E-state index contributed by atoms with van der Waals surface area (Å²) < 4.78 is 30.0. The number of allylic oxidation sites excluding steroid dienone is 4. The number of sulfonamides is 1. The molecule has 1 N–H and O–H groups in total. The molecule has 2 heterocycles. The average Bonchev–Trinajstić information content (AvgIpc) is 3.30. The highest BCUT2D eigenvalue weighted by Gasteiger charge is 2.41. The first-order valence-corrected chi connectivity index (χ1v) is 11.3. The molecule has 0 unspecified atom stereocenters. The van der Waals surface area contributed by atoms with Crippen molar-refractivity contribution in [3.8, 4) is 17.3 Å². The smallest absolute Gasteiger partial charge is 0.241 e. The second-order valence-corrected chi connectivity index (χ2v) is 9.96. The average molecular weight is 437 g/mol. The molecule has 150 valence electrons. The van der Waals surface area contributed by atoms with E-state index in [0.29, 0.717) is 27.3 Å². The highest BCUT2D eigenvalue weighted by Crippen LogP contribution is 2.39. The minimum Gasteiger partial charge on any atom is -0.293 e. The van der Waals surface area contributed by atoms with Gasteiger partial charge in [-0.15, -0.1) is 0 Å². The van der Waals surface area contributed by atoms with Crippen LogP contribution in [0.5, 0.6) is 0 Å². The van der Waals surface area contributed by atoms with Crippen LogP contribution < -0.4 is 4.72 Å². The first-order chi connectivity index (χ1) is 14.3. The molecule has 8 heteroatoms. The molecule has 1 aromatic carbocycles. The summed E-state index contributed by atoms with van der Waals surface area (Å²) in [7, 11) is -3.59. The summed E-state index contributed by atoms with van der Waals surface area (Å²) in [6.45, 7) is 1.90. The van der Waals surface area contributed by atoms with Gasteiger partial charge in [0.1, 0.15) is 11.7 Å². The van der Waals surface area contributed by atoms with E-state index < -0.39 is 10.0 Å². The zero-order valence-electron chi connectivity index (χ0n) is 16.1. The van der Waals surface area contributed by atoms with E-state index in [2.05, 4.69) is 15.8 Å². The van der Waals surface area contributed by atoms with Crippen molar-refractivity contribution in [2.75, 3.05) is 0 Å². The van der Waals surface area contributed by atoms with Crippen LogP contribution in [0.3, 0.4) is 0 Å². The third kappa shape index (κ3) is 3.05. The fourth-order valence-electron chi connectivity index (χ4n) is 3.57. The van der Waals surface area contributed by atoms with Crippen LogP contribution in [0.25, 0.3) is 28.0 Å². The summed E-state index contributed by atoms with van der Waals surface area (Å²) in [5, 5.41) is 11.0. The number of fused-ring (bicyclic) bond motifs is 1. The van der Waals surface area contributed by atoms with Crippen molar-refractivity contribution < 1.29 is 8.42 Å². The van der Waals surface area contributed by atoms with Crippen LogP contribution in [0.4, 0.5) is 0 Å². The van der Waals surface area contributed by atoms with Crippen LogP contribution in [0.2, 0.25) is 5.02 Å².